The number of hydrogen-bond donors (Lipinski definition) is 3. The van der Waals surface area contributed by atoms with Gasteiger partial charge in [0.25, 0.3) is 0 Å². The minimum Gasteiger partial charge on any atom is -0.493 e. The molecule has 0 aliphatic carbocycles. The number of aromatic amines is 2. The van der Waals surface area contributed by atoms with Crippen LogP contribution in [0.25, 0.3) is 11.0 Å². The molecule has 0 saturated heterocycles. The summed E-state index contributed by atoms with van der Waals surface area (Å²) in [6.45, 7) is 3.06. The Kier molecular flexibility index (Phi) is 4.80. The van der Waals surface area contributed by atoms with Gasteiger partial charge in [0.05, 0.1) is 24.8 Å². The molecular formula is C17H18BrN3O3. The lowest BCUT2D eigenvalue weighted by Gasteiger charge is -2.16. The first-order valence-corrected chi connectivity index (χ1v) is 8.35. The van der Waals surface area contributed by atoms with E-state index in [4.69, 9.17) is 9.47 Å². The van der Waals surface area contributed by atoms with Crippen LogP contribution >= 0.6 is 15.9 Å². The quantitative estimate of drug-likeness (QED) is 0.599. The molecule has 6 nitrogen and oxygen atoms in total. The number of imidazole rings is 1. The van der Waals surface area contributed by atoms with Crippen molar-refractivity contribution in [3.63, 3.8) is 0 Å². The number of halogens is 1. The van der Waals surface area contributed by atoms with Crippen LogP contribution in [0.3, 0.4) is 0 Å². The molecule has 0 fully saturated rings. The Labute approximate surface area is 147 Å². The molecule has 0 aliphatic heterocycles. The monoisotopic (exact) mass is 391 g/mol. The number of H-pyrrole nitrogens is 2. The molecule has 7 heteroatoms. The van der Waals surface area contributed by atoms with Crippen molar-refractivity contribution in [3.05, 3.63) is 50.9 Å². The number of ether oxygens (including phenoxy) is 2. The number of anilines is 1. The number of fused-ring (bicyclic) bond motifs is 1. The van der Waals surface area contributed by atoms with Crippen LogP contribution < -0.4 is 20.5 Å². The first kappa shape index (κ1) is 16.4. The summed E-state index contributed by atoms with van der Waals surface area (Å²) >= 11 is 3.49. The molecule has 24 heavy (non-hydrogen) atoms. The highest BCUT2D eigenvalue weighted by molar-refractivity contribution is 9.10. The van der Waals surface area contributed by atoms with Gasteiger partial charge in [-0.1, -0.05) is 15.9 Å². The number of nitrogens with one attached hydrogen (secondary N) is 3. The number of aromatic nitrogens is 2. The summed E-state index contributed by atoms with van der Waals surface area (Å²) in [4.78, 5) is 16.8. The number of rotatable bonds is 6. The van der Waals surface area contributed by atoms with Crippen molar-refractivity contribution >= 4 is 32.7 Å². The molecule has 1 heterocycles. The van der Waals surface area contributed by atoms with E-state index < -0.39 is 0 Å². The first-order valence-electron chi connectivity index (χ1n) is 7.56. The van der Waals surface area contributed by atoms with E-state index in [-0.39, 0.29) is 5.69 Å². The van der Waals surface area contributed by atoms with Crippen LogP contribution in [0.1, 0.15) is 12.5 Å². The highest BCUT2D eigenvalue weighted by atomic mass is 79.9. The SMILES string of the molecule is CCOc1c(CNc2ccc3[nH]c(=O)[nH]c3c2)cc(Br)cc1OC. The molecule has 0 amide bonds. The van der Waals surface area contributed by atoms with Gasteiger partial charge in [0.2, 0.25) is 0 Å². The number of hydrogen-bond acceptors (Lipinski definition) is 4. The Morgan fingerprint density at radius 2 is 1.96 bits per heavy atom. The molecule has 0 unspecified atom stereocenters. The van der Waals surface area contributed by atoms with E-state index in [1.165, 1.54) is 0 Å². The summed E-state index contributed by atoms with van der Waals surface area (Å²) in [5, 5.41) is 3.35. The fourth-order valence-corrected chi connectivity index (χ4v) is 3.04. The Hall–Kier alpha value is -2.41. The van der Waals surface area contributed by atoms with Gasteiger partial charge in [-0.15, -0.1) is 0 Å². The van der Waals surface area contributed by atoms with E-state index in [1.807, 2.05) is 37.3 Å². The minimum absolute atomic E-state index is 0.211. The van der Waals surface area contributed by atoms with Crippen LogP contribution in [0.15, 0.2) is 39.6 Å². The van der Waals surface area contributed by atoms with Crippen molar-refractivity contribution in [2.45, 2.75) is 13.5 Å². The zero-order valence-electron chi connectivity index (χ0n) is 13.4. The van der Waals surface area contributed by atoms with Crippen LogP contribution in [0.5, 0.6) is 11.5 Å². The van der Waals surface area contributed by atoms with E-state index >= 15 is 0 Å². The zero-order chi connectivity index (χ0) is 17.1. The maximum atomic E-state index is 11.3. The van der Waals surface area contributed by atoms with E-state index in [1.54, 1.807) is 7.11 Å². The zero-order valence-corrected chi connectivity index (χ0v) is 15.0. The fourth-order valence-electron chi connectivity index (χ4n) is 2.55. The second kappa shape index (κ2) is 7.00. The highest BCUT2D eigenvalue weighted by Crippen LogP contribution is 2.35. The summed E-state index contributed by atoms with van der Waals surface area (Å²) in [5.41, 5.74) is 3.22. The van der Waals surface area contributed by atoms with Gasteiger partial charge < -0.3 is 24.8 Å². The predicted octanol–water partition coefficient (Wildman–Crippen LogP) is 3.64. The van der Waals surface area contributed by atoms with E-state index in [0.717, 1.165) is 32.5 Å². The second-order valence-corrected chi connectivity index (χ2v) is 6.14. The molecule has 0 spiro atoms. The third-order valence-corrected chi connectivity index (χ3v) is 4.06. The Morgan fingerprint density at radius 3 is 2.71 bits per heavy atom. The van der Waals surface area contributed by atoms with E-state index in [9.17, 15) is 4.79 Å². The second-order valence-electron chi connectivity index (χ2n) is 5.22. The van der Waals surface area contributed by atoms with Crippen LogP contribution in [0.4, 0.5) is 5.69 Å². The largest absolute Gasteiger partial charge is 0.493 e. The molecular weight excluding hydrogens is 374 g/mol. The third kappa shape index (κ3) is 3.41. The summed E-state index contributed by atoms with van der Waals surface area (Å²) in [7, 11) is 1.62. The number of methoxy groups -OCH3 is 1. The molecule has 3 rings (SSSR count). The average molecular weight is 392 g/mol. The molecule has 126 valence electrons. The maximum absolute atomic E-state index is 11.3. The molecule has 3 aromatic rings. The van der Waals surface area contributed by atoms with Gasteiger partial charge in [0.1, 0.15) is 0 Å². The van der Waals surface area contributed by atoms with Crippen molar-refractivity contribution in [3.8, 4) is 11.5 Å². The molecule has 3 N–H and O–H groups in total. The molecule has 1 aromatic heterocycles. The van der Waals surface area contributed by atoms with Gasteiger partial charge in [-0.05, 0) is 37.3 Å². The van der Waals surface area contributed by atoms with Crippen molar-refractivity contribution in [2.75, 3.05) is 19.0 Å². The predicted molar refractivity (Wildman–Crippen MR) is 98.1 cm³/mol. The minimum atomic E-state index is -0.211. The lowest BCUT2D eigenvalue weighted by atomic mass is 10.1. The maximum Gasteiger partial charge on any atom is 0.323 e. The van der Waals surface area contributed by atoms with Crippen LogP contribution in [0, 0.1) is 0 Å². The Bertz CT molecular complexity index is 917. The van der Waals surface area contributed by atoms with Crippen molar-refractivity contribution in [1.29, 1.82) is 0 Å². The summed E-state index contributed by atoms with van der Waals surface area (Å²) < 4.78 is 12.1. The van der Waals surface area contributed by atoms with E-state index in [2.05, 4.69) is 31.2 Å². The molecule has 0 atom stereocenters. The Morgan fingerprint density at radius 1 is 1.17 bits per heavy atom. The number of benzene rings is 2. The molecule has 0 saturated carbocycles. The van der Waals surface area contributed by atoms with Crippen LogP contribution in [-0.4, -0.2) is 23.7 Å². The van der Waals surface area contributed by atoms with Gasteiger partial charge >= 0.3 is 5.69 Å². The van der Waals surface area contributed by atoms with Crippen LogP contribution in [0.2, 0.25) is 0 Å². The summed E-state index contributed by atoms with van der Waals surface area (Å²) in [6.07, 6.45) is 0. The summed E-state index contributed by atoms with van der Waals surface area (Å²) in [6, 6.07) is 9.55. The third-order valence-electron chi connectivity index (χ3n) is 3.60. The van der Waals surface area contributed by atoms with Gasteiger partial charge in [-0.25, -0.2) is 4.79 Å². The first-order chi connectivity index (χ1) is 11.6. The topological polar surface area (TPSA) is 79.1 Å². The van der Waals surface area contributed by atoms with Crippen molar-refractivity contribution in [2.24, 2.45) is 0 Å². The molecule has 0 radical (unpaired) electrons. The molecule has 2 aromatic carbocycles. The highest BCUT2D eigenvalue weighted by Gasteiger charge is 2.12. The average Bonchev–Trinajstić information content (AvgIpc) is 2.93. The summed E-state index contributed by atoms with van der Waals surface area (Å²) in [5.74, 6) is 1.42. The standard InChI is InChI=1S/C17H18BrN3O3/c1-3-24-16-10(6-11(18)7-15(16)23-2)9-19-12-4-5-13-14(8-12)21-17(22)20-13/h4-8,19H,3,9H2,1-2H3,(H2,20,21,22). The fraction of sp³-hybridized carbons (Fsp3) is 0.235. The van der Waals surface area contributed by atoms with Gasteiger partial charge in [0.15, 0.2) is 11.5 Å². The van der Waals surface area contributed by atoms with Gasteiger partial charge in [0, 0.05) is 22.3 Å². The molecule has 0 bridgehead atoms. The van der Waals surface area contributed by atoms with Gasteiger partial charge in [-0.3, -0.25) is 0 Å². The smallest absolute Gasteiger partial charge is 0.323 e. The van der Waals surface area contributed by atoms with E-state index in [0.29, 0.717) is 18.9 Å². The van der Waals surface area contributed by atoms with Gasteiger partial charge in [-0.2, -0.15) is 0 Å². The lowest BCUT2D eigenvalue weighted by Crippen LogP contribution is -2.05. The normalized spacial score (nSPS) is 10.8. The van der Waals surface area contributed by atoms with Crippen molar-refractivity contribution < 1.29 is 9.47 Å². The molecule has 0 aliphatic rings. The Balaban J connectivity index is 1.86. The lowest BCUT2D eigenvalue weighted by molar-refractivity contribution is 0.308. The van der Waals surface area contributed by atoms with Crippen LogP contribution in [-0.2, 0) is 6.54 Å². The van der Waals surface area contributed by atoms with Crippen molar-refractivity contribution in [1.82, 2.24) is 9.97 Å².